The molecule has 0 aliphatic carbocycles. The van der Waals surface area contributed by atoms with Crippen LogP contribution in [0.25, 0.3) is 22.6 Å². The molecule has 0 radical (unpaired) electrons. The summed E-state index contributed by atoms with van der Waals surface area (Å²) in [7, 11) is 3.47. The summed E-state index contributed by atoms with van der Waals surface area (Å²) in [4.78, 5) is 19.2. The maximum Gasteiger partial charge on any atom is 0.314 e. The van der Waals surface area contributed by atoms with E-state index in [0.717, 1.165) is 0 Å². The van der Waals surface area contributed by atoms with Gasteiger partial charge in [0.15, 0.2) is 0 Å². The second kappa shape index (κ2) is 9.92. The SMILES string of the molecule is CN(C)c1cc(-c2cccc(F)c2)c(F)cc1N(C=O)Cc1ccc(-c2nnc(C(F)F)o2)cn1. The van der Waals surface area contributed by atoms with Crippen LogP contribution in [-0.2, 0) is 11.3 Å². The minimum Gasteiger partial charge on any atom is -0.415 e. The van der Waals surface area contributed by atoms with E-state index in [-0.39, 0.29) is 23.7 Å². The normalized spacial score (nSPS) is 11.1. The summed E-state index contributed by atoms with van der Waals surface area (Å²) in [5.74, 6) is -2.03. The molecule has 1 amide bonds. The van der Waals surface area contributed by atoms with E-state index >= 15 is 4.39 Å². The topological polar surface area (TPSA) is 75.4 Å². The fourth-order valence-corrected chi connectivity index (χ4v) is 3.45. The zero-order valence-corrected chi connectivity index (χ0v) is 18.6. The van der Waals surface area contributed by atoms with Crippen molar-refractivity contribution in [3.8, 4) is 22.6 Å². The summed E-state index contributed by atoms with van der Waals surface area (Å²) >= 11 is 0. The molecule has 0 saturated carbocycles. The van der Waals surface area contributed by atoms with Gasteiger partial charge in [0, 0.05) is 31.9 Å². The molecule has 0 aliphatic rings. The van der Waals surface area contributed by atoms with Gasteiger partial charge in [-0.1, -0.05) is 12.1 Å². The van der Waals surface area contributed by atoms with E-state index in [9.17, 15) is 18.0 Å². The number of benzene rings is 2. The molecule has 2 heterocycles. The molecule has 4 aromatic rings. The van der Waals surface area contributed by atoms with Crippen molar-refractivity contribution in [1.29, 1.82) is 0 Å². The smallest absolute Gasteiger partial charge is 0.314 e. The summed E-state index contributed by atoms with van der Waals surface area (Å²) in [5, 5.41) is 6.84. The van der Waals surface area contributed by atoms with Crippen LogP contribution in [0.2, 0.25) is 0 Å². The Morgan fingerprint density at radius 1 is 1.00 bits per heavy atom. The molecule has 2 aromatic heterocycles. The third-order valence-electron chi connectivity index (χ3n) is 5.15. The minimum absolute atomic E-state index is 0.00447. The monoisotopic (exact) mass is 485 g/mol. The average Bonchev–Trinajstić information content (AvgIpc) is 3.33. The average molecular weight is 485 g/mol. The Morgan fingerprint density at radius 2 is 1.80 bits per heavy atom. The fraction of sp³-hybridized carbons (Fsp3) is 0.167. The van der Waals surface area contributed by atoms with Crippen molar-refractivity contribution in [2.45, 2.75) is 13.0 Å². The number of amides is 1. The number of rotatable bonds is 8. The Bertz CT molecular complexity index is 1340. The number of alkyl halides is 2. The highest BCUT2D eigenvalue weighted by molar-refractivity contribution is 5.87. The summed E-state index contributed by atoms with van der Waals surface area (Å²) in [6.45, 7) is -0.00447. The lowest BCUT2D eigenvalue weighted by molar-refractivity contribution is -0.107. The van der Waals surface area contributed by atoms with E-state index in [4.69, 9.17) is 4.42 Å². The number of carbonyl (C=O) groups is 1. The Hall–Kier alpha value is -4.28. The zero-order chi connectivity index (χ0) is 25.1. The van der Waals surface area contributed by atoms with Gasteiger partial charge in [-0.25, -0.2) is 8.78 Å². The van der Waals surface area contributed by atoms with Crippen molar-refractivity contribution in [2.24, 2.45) is 0 Å². The van der Waals surface area contributed by atoms with Crippen molar-refractivity contribution >= 4 is 17.8 Å². The zero-order valence-electron chi connectivity index (χ0n) is 18.6. The number of hydrogen-bond acceptors (Lipinski definition) is 6. The Kier molecular flexibility index (Phi) is 6.76. The van der Waals surface area contributed by atoms with Crippen molar-refractivity contribution in [1.82, 2.24) is 15.2 Å². The standard InChI is InChI=1S/C24H19F4N5O2/c1-32(2)20-9-18(14-4-3-5-16(25)8-14)19(26)10-21(20)33(13-34)12-17-7-6-15(11-29-17)23-30-31-24(35-23)22(27)28/h3-11,13,22H,12H2,1-2H3. The number of pyridine rings is 1. The second-order valence-electron chi connectivity index (χ2n) is 7.74. The molecule has 0 atom stereocenters. The van der Waals surface area contributed by atoms with Gasteiger partial charge in [0.25, 0.3) is 5.89 Å². The van der Waals surface area contributed by atoms with E-state index in [2.05, 4.69) is 15.2 Å². The van der Waals surface area contributed by atoms with Crippen LogP contribution in [0.4, 0.5) is 28.9 Å². The molecular weight excluding hydrogens is 466 g/mol. The lowest BCUT2D eigenvalue weighted by atomic mass is 10.0. The molecular formula is C24H19F4N5O2. The Labute approximate surface area is 197 Å². The lowest BCUT2D eigenvalue weighted by Crippen LogP contribution is -2.24. The molecule has 0 fully saturated rings. The van der Waals surface area contributed by atoms with Gasteiger partial charge < -0.3 is 14.2 Å². The van der Waals surface area contributed by atoms with E-state index in [0.29, 0.717) is 28.9 Å². The first-order valence-electron chi connectivity index (χ1n) is 10.3. The summed E-state index contributed by atoms with van der Waals surface area (Å²) in [6, 6.07) is 11.4. The number of anilines is 2. The van der Waals surface area contributed by atoms with Gasteiger partial charge in [0.2, 0.25) is 12.3 Å². The molecule has 7 nitrogen and oxygen atoms in total. The minimum atomic E-state index is -2.89. The summed E-state index contributed by atoms with van der Waals surface area (Å²) in [6.07, 6.45) is -0.989. The van der Waals surface area contributed by atoms with Gasteiger partial charge in [-0.05, 0) is 35.9 Å². The third kappa shape index (κ3) is 5.13. The number of carbonyl (C=O) groups excluding carboxylic acids is 1. The van der Waals surface area contributed by atoms with E-state index in [1.165, 1.54) is 41.4 Å². The van der Waals surface area contributed by atoms with E-state index in [1.54, 1.807) is 37.2 Å². The van der Waals surface area contributed by atoms with Crippen LogP contribution in [0.5, 0.6) is 0 Å². The third-order valence-corrected chi connectivity index (χ3v) is 5.15. The molecule has 180 valence electrons. The Morgan fingerprint density at radius 3 is 2.40 bits per heavy atom. The van der Waals surface area contributed by atoms with Crippen molar-refractivity contribution < 1.29 is 26.8 Å². The quantitative estimate of drug-likeness (QED) is 0.251. The molecule has 0 N–H and O–H groups in total. The van der Waals surface area contributed by atoms with Crippen LogP contribution in [0.1, 0.15) is 18.0 Å². The largest absolute Gasteiger partial charge is 0.415 e. The molecule has 0 unspecified atom stereocenters. The van der Waals surface area contributed by atoms with Crippen LogP contribution < -0.4 is 9.80 Å². The van der Waals surface area contributed by atoms with Crippen molar-refractivity contribution in [3.05, 3.63) is 77.9 Å². The van der Waals surface area contributed by atoms with Crippen molar-refractivity contribution in [2.75, 3.05) is 23.9 Å². The molecule has 0 bridgehead atoms. The van der Waals surface area contributed by atoms with Gasteiger partial charge in [-0.2, -0.15) is 8.78 Å². The molecule has 11 heteroatoms. The number of halogens is 4. The van der Waals surface area contributed by atoms with Crippen molar-refractivity contribution in [3.63, 3.8) is 0 Å². The van der Waals surface area contributed by atoms with Crippen LogP contribution >= 0.6 is 0 Å². The first kappa shape index (κ1) is 23.9. The number of nitrogens with zero attached hydrogens (tertiary/aromatic N) is 5. The van der Waals surface area contributed by atoms with Gasteiger partial charge in [-0.15, -0.1) is 10.2 Å². The molecule has 2 aromatic carbocycles. The highest BCUT2D eigenvalue weighted by atomic mass is 19.3. The Balaban J connectivity index is 1.63. The van der Waals surface area contributed by atoms with E-state index in [1.807, 2.05) is 0 Å². The van der Waals surface area contributed by atoms with Crippen LogP contribution in [-0.4, -0.2) is 35.7 Å². The number of aromatic nitrogens is 3. The first-order valence-corrected chi connectivity index (χ1v) is 10.3. The second-order valence-corrected chi connectivity index (χ2v) is 7.74. The van der Waals surface area contributed by atoms with Gasteiger partial charge >= 0.3 is 6.43 Å². The van der Waals surface area contributed by atoms with Gasteiger partial charge in [0.05, 0.1) is 29.2 Å². The summed E-state index contributed by atoms with van der Waals surface area (Å²) in [5.41, 5.74) is 2.13. The molecule has 0 aliphatic heterocycles. The highest BCUT2D eigenvalue weighted by Gasteiger charge is 2.20. The van der Waals surface area contributed by atoms with Crippen LogP contribution in [0, 0.1) is 11.6 Å². The van der Waals surface area contributed by atoms with Gasteiger partial charge in [-0.3, -0.25) is 9.78 Å². The van der Waals surface area contributed by atoms with E-state index < -0.39 is 24.0 Å². The fourth-order valence-electron chi connectivity index (χ4n) is 3.45. The van der Waals surface area contributed by atoms with Crippen LogP contribution in [0.3, 0.4) is 0 Å². The van der Waals surface area contributed by atoms with Gasteiger partial charge in [0.1, 0.15) is 11.6 Å². The highest BCUT2D eigenvalue weighted by Crippen LogP contribution is 2.36. The first-order chi connectivity index (χ1) is 16.8. The molecule has 35 heavy (non-hydrogen) atoms. The molecule has 0 spiro atoms. The summed E-state index contributed by atoms with van der Waals surface area (Å²) < 4.78 is 59.0. The maximum absolute atomic E-state index is 15.1. The molecule has 4 rings (SSSR count). The number of hydrogen-bond donors (Lipinski definition) is 0. The predicted octanol–water partition coefficient (Wildman–Crippen LogP) is 5.24. The lowest BCUT2D eigenvalue weighted by Gasteiger charge is -2.25. The van der Waals surface area contributed by atoms with Crippen LogP contribution in [0.15, 0.2) is 59.1 Å². The molecule has 0 saturated heterocycles. The maximum atomic E-state index is 15.1. The predicted molar refractivity (Wildman–Crippen MR) is 121 cm³/mol.